The molecule has 0 fully saturated rings. The number of hydrogen-bond donors (Lipinski definition) is 2. The molecule has 0 saturated heterocycles. The molecule has 0 radical (unpaired) electrons. The van der Waals surface area contributed by atoms with Crippen molar-refractivity contribution in [1.29, 1.82) is 0 Å². The Kier molecular flexibility index (Phi) is 14.8. The van der Waals surface area contributed by atoms with E-state index in [2.05, 4.69) is 44.0 Å². The van der Waals surface area contributed by atoms with Crippen LogP contribution in [-0.2, 0) is 4.79 Å². The molecule has 0 saturated carbocycles. The highest BCUT2D eigenvalue weighted by atomic mass is 35.5. The first-order valence-electron chi connectivity index (χ1n) is 8.84. The zero-order chi connectivity index (χ0) is 18.1. The maximum atomic E-state index is 12.3. The van der Waals surface area contributed by atoms with Gasteiger partial charge in [0.1, 0.15) is 5.75 Å². The molecule has 0 aromatic heterocycles. The Bertz CT molecular complexity index is 511. The van der Waals surface area contributed by atoms with Crippen molar-refractivity contribution < 1.29 is 9.53 Å². The van der Waals surface area contributed by atoms with Crippen LogP contribution >= 0.6 is 24.8 Å². The van der Waals surface area contributed by atoms with Crippen LogP contribution in [0.25, 0.3) is 0 Å². The second-order valence-corrected chi connectivity index (χ2v) is 6.49. The molecule has 26 heavy (non-hydrogen) atoms. The van der Waals surface area contributed by atoms with E-state index in [1.54, 1.807) is 7.11 Å². The molecule has 1 amide bonds. The van der Waals surface area contributed by atoms with Crippen molar-refractivity contribution in [3.05, 3.63) is 29.8 Å². The minimum Gasteiger partial charge on any atom is -0.497 e. The SMILES string of the molecule is CCN(CC)C(CNC(=O)[C@@H](N)CC(C)C)c1cccc(OC)c1.Cl.Cl. The summed E-state index contributed by atoms with van der Waals surface area (Å²) >= 11 is 0. The summed E-state index contributed by atoms with van der Waals surface area (Å²) in [4.78, 5) is 14.6. The predicted molar refractivity (Wildman–Crippen MR) is 114 cm³/mol. The van der Waals surface area contributed by atoms with Crippen molar-refractivity contribution in [3.8, 4) is 5.75 Å². The molecule has 7 heteroatoms. The van der Waals surface area contributed by atoms with Crippen molar-refractivity contribution in [1.82, 2.24) is 10.2 Å². The number of nitrogens with one attached hydrogen (secondary N) is 1. The largest absolute Gasteiger partial charge is 0.497 e. The van der Waals surface area contributed by atoms with Gasteiger partial charge in [0.2, 0.25) is 5.91 Å². The first kappa shape index (κ1) is 27.2. The molecule has 0 bridgehead atoms. The van der Waals surface area contributed by atoms with Crippen molar-refractivity contribution in [2.45, 2.75) is 46.2 Å². The normalized spacial score (nSPS) is 12.8. The highest BCUT2D eigenvalue weighted by Gasteiger charge is 2.21. The van der Waals surface area contributed by atoms with Crippen LogP contribution in [0, 0.1) is 5.92 Å². The van der Waals surface area contributed by atoms with Gasteiger partial charge in [-0.05, 0) is 43.1 Å². The summed E-state index contributed by atoms with van der Waals surface area (Å²) < 4.78 is 5.33. The van der Waals surface area contributed by atoms with Crippen LogP contribution < -0.4 is 15.8 Å². The van der Waals surface area contributed by atoms with Gasteiger partial charge in [0.15, 0.2) is 0 Å². The van der Waals surface area contributed by atoms with Crippen molar-refractivity contribution in [2.75, 3.05) is 26.7 Å². The van der Waals surface area contributed by atoms with E-state index in [0.717, 1.165) is 24.4 Å². The molecule has 0 spiro atoms. The summed E-state index contributed by atoms with van der Waals surface area (Å²) in [6.07, 6.45) is 0.695. The molecule has 5 nitrogen and oxygen atoms in total. The lowest BCUT2D eigenvalue weighted by atomic mass is 10.0. The van der Waals surface area contributed by atoms with Crippen LogP contribution in [0.2, 0.25) is 0 Å². The van der Waals surface area contributed by atoms with Gasteiger partial charge in [0.05, 0.1) is 19.2 Å². The highest BCUT2D eigenvalue weighted by molar-refractivity contribution is 5.85. The third-order valence-corrected chi connectivity index (χ3v) is 4.26. The molecule has 2 atom stereocenters. The highest BCUT2D eigenvalue weighted by Crippen LogP contribution is 2.23. The van der Waals surface area contributed by atoms with Crippen LogP contribution in [0.1, 0.15) is 45.7 Å². The fourth-order valence-electron chi connectivity index (χ4n) is 2.91. The second-order valence-electron chi connectivity index (χ2n) is 6.49. The quantitative estimate of drug-likeness (QED) is 0.623. The standard InChI is InChI=1S/C19H33N3O2.2ClH/c1-6-22(7-2)18(15-9-8-10-16(12-15)24-5)13-21-19(23)17(20)11-14(3)4;;/h8-10,12,14,17-18H,6-7,11,13,20H2,1-5H3,(H,21,23);2*1H/t17-,18?;;/m0../s1. The third kappa shape index (κ3) is 8.58. The molecule has 0 heterocycles. The van der Waals surface area contributed by atoms with Gasteiger partial charge in [-0.2, -0.15) is 0 Å². The van der Waals surface area contributed by atoms with E-state index < -0.39 is 6.04 Å². The van der Waals surface area contributed by atoms with Crippen LogP contribution in [0.5, 0.6) is 5.75 Å². The first-order chi connectivity index (χ1) is 11.4. The van der Waals surface area contributed by atoms with E-state index in [4.69, 9.17) is 10.5 Å². The smallest absolute Gasteiger partial charge is 0.236 e. The van der Waals surface area contributed by atoms with Gasteiger partial charge in [-0.3, -0.25) is 9.69 Å². The molecule has 1 rings (SSSR count). The molecule has 152 valence electrons. The number of carbonyl (C=O) groups is 1. The fourth-order valence-corrected chi connectivity index (χ4v) is 2.91. The van der Waals surface area contributed by atoms with Gasteiger partial charge >= 0.3 is 0 Å². The number of nitrogens with two attached hydrogens (primary N) is 1. The molecular formula is C19H35Cl2N3O2. The number of carbonyl (C=O) groups excluding carboxylic acids is 1. The Morgan fingerprint density at radius 1 is 1.23 bits per heavy atom. The number of rotatable bonds is 10. The van der Waals surface area contributed by atoms with Gasteiger partial charge in [-0.25, -0.2) is 0 Å². The van der Waals surface area contributed by atoms with E-state index in [1.165, 1.54) is 0 Å². The number of ether oxygens (including phenoxy) is 1. The molecule has 0 aliphatic rings. The van der Waals surface area contributed by atoms with Crippen LogP contribution in [0.4, 0.5) is 0 Å². The first-order valence-corrected chi connectivity index (χ1v) is 8.84. The number of likely N-dealkylation sites (N-methyl/N-ethyl adjacent to an activating group) is 1. The van der Waals surface area contributed by atoms with Crippen LogP contribution in [0.3, 0.4) is 0 Å². The number of methoxy groups -OCH3 is 1. The molecule has 3 N–H and O–H groups in total. The number of amides is 1. The van der Waals surface area contributed by atoms with Crippen molar-refractivity contribution in [2.24, 2.45) is 11.7 Å². The van der Waals surface area contributed by atoms with E-state index in [9.17, 15) is 4.79 Å². The van der Waals surface area contributed by atoms with Crippen LogP contribution in [-0.4, -0.2) is 43.6 Å². The zero-order valence-corrected chi connectivity index (χ0v) is 18.2. The average molecular weight is 408 g/mol. The summed E-state index contributed by atoms with van der Waals surface area (Å²) in [5.41, 5.74) is 7.12. The van der Waals surface area contributed by atoms with Gasteiger partial charge in [0.25, 0.3) is 0 Å². The van der Waals surface area contributed by atoms with Crippen molar-refractivity contribution in [3.63, 3.8) is 0 Å². The topological polar surface area (TPSA) is 67.6 Å². The molecule has 0 aliphatic heterocycles. The van der Waals surface area contributed by atoms with Crippen LogP contribution in [0.15, 0.2) is 24.3 Å². The Morgan fingerprint density at radius 2 is 1.85 bits per heavy atom. The number of hydrogen-bond acceptors (Lipinski definition) is 4. The molecule has 1 aromatic carbocycles. The zero-order valence-electron chi connectivity index (χ0n) is 16.5. The minimum absolute atomic E-state index is 0. The summed E-state index contributed by atoms with van der Waals surface area (Å²) in [6, 6.07) is 7.67. The van der Waals surface area contributed by atoms with Crippen molar-refractivity contribution >= 4 is 30.7 Å². The molecular weight excluding hydrogens is 373 g/mol. The molecule has 1 aromatic rings. The lowest BCUT2D eigenvalue weighted by molar-refractivity contribution is -0.123. The van der Waals surface area contributed by atoms with E-state index in [-0.39, 0.29) is 36.8 Å². The molecule has 0 aliphatic carbocycles. The Balaban J connectivity index is 0. The van der Waals surface area contributed by atoms with Gasteiger partial charge in [-0.1, -0.05) is 39.8 Å². The maximum absolute atomic E-state index is 12.3. The van der Waals surface area contributed by atoms with Gasteiger partial charge in [0, 0.05) is 6.54 Å². The maximum Gasteiger partial charge on any atom is 0.236 e. The van der Waals surface area contributed by atoms with Gasteiger partial charge < -0.3 is 15.8 Å². The average Bonchev–Trinajstić information content (AvgIpc) is 2.57. The second kappa shape index (κ2) is 14.1. The number of nitrogens with zero attached hydrogens (tertiary/aromatic N) is 1. The van der Waals surface area contributed by atoms with E-state index >= 15 is 0 Å². The third-order valence-electron chi connectivity index (χ3n) is 4.26. The Hall–Kier alpha value is -1.01. The summed E-state index contributed by atoms with van der Waals surface area (Å²) in [5.74, 6) is 1.15. The minimum atomic E-state index is -0.451. The lowest BCUT2D eigenvalue weighted by Gasteiger charge is -2.31. The Morgan fingerprint density at radius 3 is 2.35 bits per heavy atom. The Labute approximate surface area is 170 Å². The predicted octanol–water partition coefficient (Wildman–Crippen LogP) is 3.41. The summed E-state index contributed by atoms with van der Waals surface area (Å²) in [5, 5.41) is 3.03. The fraction of sp³-hybridized carbons (Fsp3) is 0.632. The number of halogens is 2. The summed E-state index contributed by atoms with van der Waals surface area (Å²) in [7, 11) is 1.66. The van der Waals surface area contributed by atoms with E-state index in [0.29, 0.717) is 18.9 Å². The lowest BCUT2D eigenvalue weighted by Crippen LogP contribution is -2.45. The monoisotopic (exact) mass is 407 g/mol. The van der Waals surface area contributed by atoms with E-state index in [1.807, 2.05) is 18.2 Å². The number of benzene rings is 1. The summed E-state index contributed by atoms with van der Waals surface area (Å²) in [6.45, 7) is 10.8. The van der Waals surface area contributed by atoms with Gasteiger partial charge in [-0.15, -0.1) is 24.8 Å². The molecule has 1 unspecified atom stereocenters.